The zero-order chi connectivity index (χ0) is 13.3. The van der Waals surface area contributed by atoms with Crippen LogP contribution in [0.5, 0.6) is 0 Å². The van der Waals surface area contributed by atoms with Gasteiger partial charge in [0.1, 0.15) is 0 Å². The Kier molecular flexibility index (Phi) is 3.68. The van der Waals surface area contributed by atoms with E-state index in [9.17, 15) is 4.79 Å². The van der Waals surface area contributed by atoms with E-state index in [4.69, 9.17) is 18.0 Å². The Labute approximate surface area is 116 Å². The van der Waals surface area contributed by atoms with E-state index in [-0.39, 0.29) is 10.9 Å². The van der Waals surface area contributed by atoms with Crippen LogP contribution in [0.25, 0.3) is 0 Å². The van der Waals surface area contributed by atoms with Crippen LogP contribution in [0, 0.1) is 5.41 Å². The number of carbonyl (C=O) groups excluding carboxylic acids is 1. The van der Waals surface area contributed by atoms with Crippen LogP contribution in [0.3, 0.4) is 0 Å². The molecule has 1 unspecified atom stereocenters. The lowest BCUT2D eigenvalue weighted by molar-refractivity contribution is -0.121. The van der Waals surface area contributed by atoms with E-state index in [1.54, 1.807) is 6.92 Å². The van der Waals surface area contributed by atoms with Crippen LogP contribution in [-0.2, 0) is 4.79 Å². The summed E-state index contributed by atoms with van der Waals surface area (Å²) in [6.45, 7) is 3.66. The maximum absolute atomic E-state index is 12.2. The number of thiocarbonyl (C=S) groups is 1. The Morgan fingerprint density at radius 1 is 1.72 bits per heavy atom. The number of anilines is 1. The summed E-state index contributed by atoms with van der Waals surface area (Å²) in [4.78, 5) is 16.8. The van der Waals surface area contributed by atoms with Crippen LogP contribution in [-0.4, -0.2) is 15.9 Å². The van der Waals surface area contributed by atoms with Crippen LogP contribution in [0.1, 0.15) is 44.7 Å². The van der Waals surface area contributed by atoms with E-state index in [1.165, 1.54) is 24.2 Å². The minimum absolute atomic E-state index is 0.172. The summed E-state index contributed by atoms with van der Waals surface area (Å²) in [5.41, 5.74) is 5.94. The van der Waals surface area contributed by atoms with Crippen molar-refractivity contribution in [3.05, 3.63) is 11.1 Å². The van der Waals surface area contributed by atoms with E-state index in [0.717, 1.165) is 5.69 Å². The zero-order valence-electron chi connectivity index (χ0n) is 10.5. The third kappa shape index (κ3) is 2.54. The fraction of sp³-hybridized carbons (Fsp3) is 0.583. The molecule has 1 heterocycles. The maximum Gasteiger partial charge on any atom is 0.238 e. The average Bonchev–Trinajstić information content (AvgIpc) is 3.09. The van der Waals surface area contributed by atoms with Gasteiger partial charge in [-0.1, -0.05) is 19.1 Å². The lowest BCUT2D eigenvalue weighted by atomic mass is 9.86. The highest BCUT2D eigenvalue weighted by atomic mass is 32.1. The molecule has 18 heavy (non-hydrogen) atoms. The van der Waals surface area contributed by atoms with Crippen molar-refractivity contribution in [3.63, 3.8) is 0 Å². The molecule has 0 aliphatic heterocycles. The van der Waals surface area contributed by atoms with Crippen molar-refractivity contribution in [2.75, 3.05) is 5.32 Å². The van der Waals surface area contributed by atoms with Crippen molar-refractivity contribution in [2.45, 2.75) is 39.0 Å². The highest BCUT2D eigenvalue weighted by Crippen LogP contribution is 2.41. The summed E-state index contributed by atoms with van der Waals surface area (Å²) in [5.74, 6) is 0.425. The number of aromatic nitrogens is 1. The smallest absolute Gasteiger partial charge is 0.238 e. The molecule has 0 aromatic carbocycles. The number of rotatable bonds is 5. The van der Waals surface area contributed by atoms with Gasteiger partial charge in [0, 0.05) is 11.3 Å². The molecule has 0 spiro atoms. The molecule has 0 bridgehead atoms. The molecule has 6 heteroatoms. The van der Waals surface area contributed by atoms with E-state index < -0.39 is 5.41 Å². The normalized spacial score (nSPS) is 18.1. The van der Waals surface area contributed by atoms with Crippen LogP contribution < -0.4 is 11.1 Å². The van der Waals surface area contributed by atoms with Gasteiger partial charge >= 0.3 is 0 Å². The Hall–Kier alpha value is -1.01. The number of amides is 1. The molecule has 0 radical (unpaired) electrons. The molecule has 1 fully saturated rings. The van der Waals surface area contributed by atoms with E-state index in [2.05, 4.69) is 10.3 Å². The Morgan fingerprint density at radius 2 is 2.39 bits per heavy atom. The molecule has 4 nitrogen and oxygen atoms in total. The lowest BCUT2D eigenvalue weighted by Crippen LogP contribution is -2.43. The summed E-state index contributed by atoms with van der Waals surface area (Å²) < 4.78 is 0. The molecule has 0 saturated heterocycles. The number of hydrogen-bond donors (Lipinski definition) is 2. The first kappa shape index (κ1) is 13.4. The summed E-state index contributed by atoms with van der Waals surface area (Å²) in [6, 6.07) is 0. The van der Waals surface area contributed by atoms with E-state index in [0.29, 0.717) is 17.5 Å². The molecule has 1 aromatic rings. The van der Waals surface area contributed by atoms with Gasteiger partial charge in [0.25, 0.3) is 0 Å². The highest BCUT2D eigenvalue weighted by molar-refractivity contribution is 7.80. The van der Waals surface area contributed by atoms with Crippen molar-refractivity contribution in [3.8, 4) is 0 Å². The SMILES string of the molecule is CCC(C)(C(=O)Nc1nc(C2CC2)cs1)C(N)=S. The second-order valence-electron chi connectivity index (χ2n) is 4.86. The summed E-state index contributed by atoms with van der Waals surface area (Å²) in [7, 11) is 0. The Balaban J connectivity index is 2.07. The highest BCUT2D eigenvalue weighted by Gasteiger charge is 2.35. The van der Waals surface area contributed by atoms with Gasteiger partial charge in [-0.15, -0.1) is 11.3 Å². The molecular weight excluding hydrogens is 266 g/mol. The first-order valence-electron chi connectivity index (χ1n) is 6.04. The van der Waals surface area contributed by atoms with E-state index >= 15 is 0 Å². The average molecular weight is 283 g/mol. The quantitative estimate of drug-likeness (QED) is 0.815. The standard InChI is InChI=1S/C12H17N3OS2/c1-3-12(2,9(13)17)10(16)15-11-14-8(6-18-11)7-4-5-7/h6-7H,3-5H2,1-2H3,(H2,13,17)(H,14,15,16). The van der Waals surface area contributed by atoms with Crippen LogP contribution >= 0.6 is 23.6 Å². The second-order valence-corrected chi connectivity index (χ2v) is 6.15. The largest absolute Gasteiger partial charge is 0.392 e. The number of carbonyl (C=O) groups is 1. The Bertz CT molecular complexity index is 481. The minimum Gasteiger partial charge on any atom is -0.392 e. The van der Waals surface area contributed by atoms with Gasteiger partial charge in [-0.25, -0.2) is 4.98 Å². The molecule has 1 aliphatic carbocycles. The van der Waals surface area contributed by atoms with Crippen molar-refractivity contribution in [2.24, 2.45) is 11.1 Å². The molecule has 1 aromatic heterocycles. The monoisotopic (exact) mass is 283 g/mol. The minimum atomic E-state index is -0.805. The fourth-order valence-electron chi connectivity index (χ4n) is 1.59. The predicted molar refractivity (Wildman–Crippen MR) is 77.9 cm³/mol. The van der Waals surface area contributed by atoms with Crippen LogP contribution in [0.4, 0.5) is 5.13 Å². The van der Waals surface area contributed by atoms with E-state index in [1.807, 2.05) is 12.3 Å². The summed E-state index contributed by atoms with van der Waals surface area (Å²) in [5, 5.41) is 5.47. The summed E-state index contributed by atoms with van der Waals surface area (Å²) >= 11 is 6.44. The maximum atomic E-state index is 12.2. The molecular formula is C12H17N3OS2. The molecule has 1 amide bonds. The first-order valence-corrected chi connectivity index (χ1v) is 7.33. The molecule has 98 valence electrons. The van der Waals surface area contributed by atoms with Gasteiger partial charge in [0.05, 0.1) is 16.1 Å². The van der Waals surface area contributed by atoms with Crippen molar-refractivity contribution >= 4 is 39.6 Å². The van der Waals surface area contributed by atoms with Crippen LogP contribution in [0.2, 0.25) is 0 Å². The van der Waals surface area contributed by atoms with Crippen molar-refractivity contribution < 1.29 is 4.79 Å². The predicted octanol–water partition coefficient (Wildman–Crippen LogP) is 2.66. The number of nitrogens with one attached hydrogen (secondary N) is 1. The zero-order valence-corrected chi connectivity index (χ0v) is 12.2. The number of thiazole rings is 1. The topological polar surface area (TPSA) is 68.0 Å². The number of nitrogens with zero attached hydrogens (tertiary/aromatic N) is 1. The first-order chi connectivity index (χ1) is 8.47. The molecule has 1 atom stereocenters. The van der Waals surface area contributed by atoms with Crippen LogP contribution in [0.15, 0.2) is 5.38 Å². The van der Waals surface area contributed by atoms with Gasteiger partial charge in [0.2, 0.25) is 5.91 Å². The molecule has 1 saturated carbocycles. The van der Waals surface area contributed by atoms with Crippen molar-refractivity contribution in [1.82, 2.24) is 4.98 Å². The molecule has 2 rings (SSSR count). The lowest BCUT2D eigenvalue weighted by Gasteiger charge is -2.24. The summed E-state index contributed by atoms with van der Waals surface area (Å²) in [6.07, 6.45) is 2.99. The number of nitrogens with two attached hydrogens (primary N) is 1. The van der Waals surface area contributed by atoms with Gasteiger partial charge in [-0.3, -0.25) is 4.79 Å². The second kappa shape index (κ2) is 4.93. The van der Waals surface area contributed by atoms with Gasteiger partial charge < -0.3 is 11.1 Å². The van der Waals surface area contributed by atoms with Gasteiger partial charge in [-0.05, 0) is 26.2 Å². The number of hydrogen-bond acceptors (Lipinski definition) is 4. The molecule has 3 N–H and O–H groups in total. The Morgan fingerprint density at radius 3 is 2.89 bits per heavy atom. The van der Waals surface area contributed by atoms with Gasteiger partial charge in [0.15, 0.2) is 5.13 Å². The third-order valence-corrected chi connectivity index (χ3v) is 4.72. The van der Waals surface area contributed by atoms with Crippen molar-refractivity contribution in [1.29, 1.82) is 0 Å². The molecule has 1 aliphatic rings. The third-order valence-electron chi connectivity index (χ3n) is 3.49. The van der Waals surface area contributed by atoms with Gasteiger partial charge in [-0.2, -0.15) is 0 Å². The fourth-order valence-corrected chi connectivity index (χ4v) is 2.62.